The fraction of sp³-hybridized carbons (Fsp3) is 0.579. The van der Waals surface area contributed by atoms with Crippen LogP contribution in [0.3, 0.4) is 0 Å². The van der Waals surface area contributed by atoms with Gasteiger partial charge < -0.3 is 15.2 Å². The van der Waals surface area contributed by atoms with E-state index in [0.717, 1.165) is 16.8 Å². The molecule has 0 saturated carbocycles. The highest BCUT2D eigenvalue weighted by molar-refractivity contribution is 5.85. The van der Waals surface area contributed by atoms with Crippen molar-refractivity contribution in [1.29, 1.82) is 0 Å². The van der Waals surface area contributed by atoms with E-state index in [-0.39, 0.29) is 48.6 Å². The van der Waals surface area contributed by atoms with Crippen LogP contribution in [-0.4, -0.2) is 45.0 Å². The Hall–Kier alpha value is -2.20. The summed E-state index contributed by atoms with van der Waals surface area (Å²) in [5, 5.41) is 16.3. The molecule has 29 heavy (non-hydrogen) atoms. The van der Waals surface area contributed by atoms with Gasteiger partial charge in [-0.1, -0.05) is 0 Å². The number of carbonyl (C=O) groups is 1. The number of nitrogens with zero attached hydrogens (tertiary/aromatic N) is 2. The van der Waals surface area contributed by atoms with Crippen LogP contribution in [0.15, 0.2) is 12.1 Å². The Labute approximate surface area is 164 Å². The van der Waals surface area contributed by atoms with Gasteiger partial charge >= 0.3 is 6.18 Å². The molecule has 2 N–H and O–H groups in total. The van der Waals surface area contributed by atoms with Crippen LogP contribution in [0.25, 0.3) is 10.9 Å². The van der Waals surface area contributed by atoms with Gasteiger partial charge in [-0.25, -0.2) is 0 Å². The summed E-state index contributed by atoms with van der Waals surface area (Å²) in [5.41, 5.74) is -2.95. The third-order valence-electron chi connectivity index (χ3n) is 4.59. The number of Topliss-reactive ketones (excluding diaryl/α,β-unsaturated/α-hetero) is 1. The second-order valence-electron chi connectivity index (χ2n) is 8.15. The zero-order valence-electron chi connectivity index (χ0n) is 16.3. The maximum atomic E-state index is 14.3. The van der Waals surface area contributed by atoms with Crippen LogP contribution in [0, 0.1) is 5.95 Å². The van der Waals surface area contributed by atoms with Crippen molar-refractivity contribution in [2.75, 3.05) is 6.61 Å². The van der Waals surface area contributed by atoms with E-state index in [0.29, 0.717) is 6.42 Å². The number of carbonyl (C=O) groups excluding carboxylic acids is 1. The number of aromatic nitrogens is 2. The lowest BCUT2D eigenvalue weighted by Crippen LogP contribution is -2.47. The lowest BCUT2D eigenvalue weighted by molar-refractivity contribution is -0.136. The Bertz CT molecular complexity index is 918. The zero-order chi connectivity index (χ0) is 21.6. The monoisotopic (exact) mass is 417 g/mol. The summed E-state index contributed by atoms with van der Waals surface area (Å²) in [4.78, 5) is 11.7. The van der Waals surface area contributed by atoms with E-state index in [1.165, 1.54) is 13.8 Å². The van der Waals surface area contributed by atoms with E-state index in [1.807, 2.05) is 6.92 Å². The molecule has 2 aromatic rings. The van der Waals surface area contributed by atoms with E-state index >= 15 is 0 Å². The molecule has 0 aliphatic carbocycles. The van der Waals surface area contributed by atoms with Gasteiger partial charge in [0, 0.05) is 24.9 Å². The van der Waals surface area contributed by atoms with Crippen molar-refractivity contribution < 1.29 is 32.2 Å². The minimum absolute atomic E-state index is 0.0295. The number of piperidine rings is 1. The number of ether oxygens (including phenoxy) is 1. The average Bonchev–Trinajstić information content (AvgIpc) is 2.84. The van der Waals surface area contributed by atoms with Gasteiger partial charge in [0.1, 0.15) is 18.1 Å². The summed E-state index contributed by atoms with van der Waals surface area (Å²) in [7, 11) is 0. The van der Waals surface area contributed by atoms with Crippen LogP contribution in [0.5, 0.6) is 5.75 Å². The lowest BCUT2D eigenvalue weighted by atomic mass is 9.99. The second kappa shape index (κ2) is 7.56. The number of halogens is 4. The normalized spacial score (nSPS) is 21.0. The number of alkyl halides is 3. The van der Waals surface area contributed by atoms with E-state index in [2.05, 4.69) is 10.4 Å². The highest BCUT2D eigenvalue weighted by atomic mass is 19.4. The van der Waals surface area contributed by atoms with Crippen molar-refractivity contribution in [2.24, 2.45) is 0 Å². The van der Waals surface area contributed by atoms with Gasteiger partial charge in [-0.3, -0.25) is 9.48 Å². The standard InChI is InChI=1S/C19H23F4N3O3/c1-10-4-12(27)5-11(24-10)8-29-13-6-14-16(15(7-13)19(21,22)23)26(25-17(14)20)9-18(2,3)28/h6-7,10-11,24,28H,4-5,8-9H2,1-3H3/t10-,11-/m0/s1. The van der Waals surface area contributed by atoms with E-state index in [4.69, 9.17) is 4.74 Å². The Morgan fingerprint density at radius 1 is 1.31 bits per heavy atom. The molecule has 1 aromatic carbocycles. The van der Waals surface area contributed by atoms with Crippen molar-refractivity contribution in [3.63, 3.8) is 0 Å². The smallest absolute Gasteiger partial charge is 0.418 e. The minimum atomic E-state index is -4.78. The van der Waals surface area contributed by atoms with Crippen LogP contribution in [0.1, 0.15) is 39.2 Å². The fourth-order valence-electron chi connectivity index (χ4n) is 3.56. The molecule has 0 spiro atoms. The molecular formula is C19H23F4N3O3. The van der Waals surface area contributed by atoms with Crippen LogP contribution in [-0.2, 0) is 17.5 Å². The Morgan fingerprint density at radius 2 is 2.00 bits per heavy atom. The maximum Gasteiger partial charge on any atom is 0.418 e. The summed E-state index contributed by atoms with van der Waals surface area (Å²) >= 11 is 0. The molecule has 0 unspecified atom stereocenters. The first-order chi connectivity index (χ1) is 13.3. The molecule has 10 heteroatoms. The van der Waals surface area contributed by atoms with Crippen LogP contribution in [0.4, 0.5) is 17.6 Å². The number of nitrogens with one attached hydrogen (secondary N) is 1. The molecule has 0 bridgehead atoms. The summed E-state index contributed by atoms with van der Waals surface area (Å²) in [6.45, 7) is 4.27. The fourth-order valence-corrected chi connectivity index (χ4v) is 3.56. The Balaban J connectivity index is 1.96. The predicted octanol–water partition coefficient (Wildman–Crippen LogP) is 3.05. The average molecular weight is 417 g/mol. The minimum Gasteiger partial charge on any atom is -0.492 e. The van der Waals surface area contributed by atoms with Gasteiger partial charge in [-0.15, -0.1) is 5.10 Å². The van der Waals surface area contributed by atoms with Crippen LogP contribution >= 0.6 is 0 Å². The molecule has 6 nitrogen and oxygen atoms in total. The molecule has 0 amide bonds. The molecule has 1 aliphatic heterocycles. The largest absolute Gasteiger partial charge is 0.492 e. The van der Waals surface area contributed by atoms with Gasteiger partial charge in [-0.05, 0) is 32.9 Å². The van der Waals surface area contributed by atoms with Gasteiger partial charge in [0.05, 0.1) is 28.6 Å². The second-order valence-corrected chi connectivity index (χ2v) is 8.15. The molecule has 1 aromatic heterocycles. The number of aliphatic hydroxyl groups is 1. The SMILES string of the molecule is C[C@H]1CC(=O)C[C@@H](COc2cc(C(F)(F)F)c3c(c2)c(F)nn3CC(C)(C)O)N1. The van der Waals surface area contributed by atoms with Crippen molar-refractivity contribution in [2.45, 2.75) is 64.0 Å². The molecule has 3 rings (SSSR count). The maximum absolute atomic E-state index is 14.3. The topological polar surface area (TPSA) is 76.4 Å². The van der Waals surface area contributed by atoms with E-state index in [1.54, 1.807) is 0 Å². The predicted molar refractivity (Wildman–Crippen MR) is 97.1 cm³/mol. The molecule has 2 heterocycles. The highest BCUT2D eigenvalue weighted by Gasteiger charge is 2.37. The number of rotatable bonds is 5. The van der Waals surface area contributed by atoms with Crippen molar-refractivity contribution in [3.8, 4) is 5.75 Å². The molecular weight excluding hydrogens is 394 g/mol. The van der Waals surface area contributed by atoms with Crippen LogP contribution in [0.2, 0.25) is 0 Å². The van der Waals surface area contributed by atoms with Crippen molar-refractivity contribution in [1.82, 2.24) is 15.1 Å². The summed E-state index contributed by atoms with van der Waals surface area (Å²) in [6.07, 6.45) is -4.17. The molecule has 1 aliphatic rings. The molecule has 0 radical (unpaired) electrons. The third kappa shape index (κ3) is 5.05. The first-order valence-electron chi connectivity index (χ1n) is 9.23. The Kier molecular flexibility index (Phi) is 5.61. The first-order valence-corrected chi connectivity index (χ1v) is 9.23. The zero-order valence-corrected chi connectivity index (χ0v) is 16.3. The Morgan fingerprint density at radius 3 is 2.59 bits per heavy atom. The lowest BCUT2D eigenvalue weighted by Gasteiger charge is -2.27. The molecule has 1 saturated heterocycles. The summed E-state index contributed by atoms with van der Waals surface area (Å²) < 4.78 is 61.7. The number of benzene rings is 1. The van der Waals surface area contributed by atoms with Gasteiger partial charge in [-0.2, -0.15) is 17.6 Å². The number of fused-ring (bicyclic) bond motifs is 1. The summed E-state index contributed by atoms with van der Waals surface area (Å²) in [5.74, 6) is -1.20. The number of hydrogen-bond donors (Lipinski definition) is 2. The third-order valence-corrected chi connectivity index (χ3v) is 4.59. The van der Waals surface area contributed by atoms with Crippen molar-refractivity contribution in [3.05, 3.63) is 23.6 Å². The van der Waals surface area contributed by atoms with Gasteiger partial charge in [0.25, 0.3) is 0 Å². The van der Waals surface area contributed by atoms with Gasteiger partial charge in [0.15, 0.2) is 0 Å². The molecule has 1 fully saturated rings. The van der Waals surface area contributed by atoms with E-state index in [9.17, 15) is 27.5 Å². The quantitative estimate of drug-likeness (QED) is 0.732. The number of hydrogen-bond acceptors (Lipinski definition) is 5. The summed E-state index contributed by atoms with van der Waals surface area (Å²) in [6, 6.07) is 1.56. The first kappa shape index (κ1) is 21.5. The van der Waals surface area contributed by atoms with Gasteiger partial charge in [0.2, 0.25) is 5.95 Å². The molecule has 2 atom stereocenters. The molecule has 160 valence electrons. The van der Waals surface area contributed by atoms with Crippen molar-refractivity contribution >= 4 is 16.7 Å². The highest BCUT2D eigenvalue weighted by Crippen LogP contribution is 2.39. The van der Waals surface area contributed by atoms with E-state index < -0.39 is 28.8 Å². The number of ketones is 1. The van der Waals surface area contributed by atoms with Crippen LogP contribution < -0.4 is 10.1 Å².